The van der Waals surface area contributed by atoms with Crippen LogP contribution in [0.4, 0.5) is 11.5 Å². The van der Waals surface area contributed by atoms with Crippen LogP contribution in [0, 0.1) is 13.8 Å². The van der Waals surface area contributed by atoms with Crippen molar-refractivity contribution in [3.8, 4) is 5.75 Å². The van der Waals surface area contributed by atoms with E-state index in [0.29, 0.717) is 33.6 Å². The molecule has 174 valence electrons. The van der Waals surface area contributed by atoms with E-state index in [2.05, 4.69) is 10.4 Å². The molecule has 3 N–H and O–H groups in total. The summed E-state index contributed by atoms with van der Waals surface area (Å²) in [6.07, 6.45) is 1.64. The fourth-order valence-corrected chi connectivity index (χ4v) is 4.07. The number of nitrogens with zero attached hydrogens (tertiary/aromatic N) is 4. The zero-order valence-corrected chi connectivity index (χ0v) is 19.6. The van der Waals surface area contributed by atoms with Gasteiger partial charge in [-0.3, -0.25) is 4.79 Å². The molecule has 0 unspecified atom stereocenters. The molecule has 0 saturated heterocycles. The summed E-state index contributed by atoms with van der Waals surface area (Å²) >= 11 is 0. The molecule has 0 fully saturated rings. The zero-order valence-electron chi connectivity index (χ0n) is 19.6. The summed E-state index contributed by atoms with van der Waals surface area (Å²) in [5, 5.41) is 7.51. The molecule has 0 bridgehead atoms. The highest BCUT2D eigenvalue weighted by Gasteiger charge is 2.24. The Kier molecular flexibility index (Phi) is 5.62. The third kappa shape index (κ3) is 4.29. The highest BCUT2D eigenvalue weighted by molar-refractivity contribution is 6.16. The van der Waals surface area contributed by atoms with Gasteiger partial charge in [0, 0.05) is 5.69 Å². The lowest BCUT2D eigenvalue weighted by Crippen LogP contribution is -2.14. The van der Waals surface area contributed by atoms with Gasteiger partial charge in [-0.1, -0.05) is 30.3 Å². The Labute approximate surface area is 202 Å². The molecule has 8 heteroatoms. The Hall–Kier alpha value is -4.72. The second-order valence-corrected chi connectivity index (χ2v) is 8.31. The molecular formula is C27H24N6O2. The van der Waals surface area contributed by atoms with Gasteiger partial charge in [0.15, 0.2) is 5.65 Å². The third-order valence-electron chi connectivity index (χ3n) is 5.60. The number of aryl methyl sites for hydroxylation is 2. The molecule has 0 spiro atoms. The van der Waals surface area contributed by atoms with Gasteiger partial charge in [-0.25, -0.2) is 9.97 Å². The van der Waals surface area contributed by atoms with Crippen LogP contribution in [0.25, 0.3) is 22.2 Å². The standard InChI is InChI=1S/C27H24N6O2/c1-16-11-17(2)13-19(12-16)30-27(34)23-24-26(32-22-10-5-4-9-21(22)31-24)33(25(23)28)29-15-18-7-6-8-20(14-18)35-3/h4-15H,28H2,1-3H3,(H,30,34). The van der Waals surface area contributed by atoms with Gasteiger partial charge in [0.05, 0.1) is 24.4 Å². The lowest BCUT2D eigenvalue weighted by atomic mass is 10.1. The molecule has 8 nitrogen and oxygen atoms in total. The van der Waals surface area contributed by atoms with Crippen molar-refractivity contribution >= 4 is 45.8 Å². The number of carbonyl (C=O) groups excluding carboxylic acids is 1. The summed E-state index contributed by atoms with van der Waals surface area (Å²) in [5.74, 6) is 0.479. The lowest BCUT2D eigenvalue weighted by molar-refractivity contribution is 0.102. The van der Waals surface area contributed by atoms with E-state index in [-0.39, 0.29) is 17.3 Å². The molecular weight excluding hydrogens is 440 g/mol. The van der Waals surface area contributed by atoms with Crippen LogP contribution in [0.5, 0.6) is 5.75 Å². The number of carbonyl (C=O) groups is 1. The normalized spacial score (nSPS) is 11.4. The number of methoxy groups -OCH3 is 1. The number of para-hydroxylation sites is 2. The Balaban J connectivity index is 1.65. The highest BCUT2D eigenvalue weighted by Crippen LogP contribution is 2.29. The summed E-state index contributed by atoms with van der Waals surface area (Å²) in [5.41, 5.74) is 12.4. The quantitative estimate of drug-likeness (QED) is 0.359. The summed E-state index contributed by atoms with van der Waals surface area (Å²) < 4.78 is 6.74. The molecule has 0 atom stereocenters. The largest absolute Gasteiger partial charge is 0.497 e. The van der Waals surface area contributed by atoms with Crippen molar-refractivity contribution in [1.29, 1.82) is 0 Å². The number of hydrogen-bond donors (Lipinski definition) is 2. The number of aromatic nitrogens is 3. The molecule has 5 aromatic rings. The van der Waals surface area contributed by atoms with E-state index >= 15 is 0 Å². The molecule has 2 heterocycles. The van der Waals surface area contributed by atoms with Crippen LogP contribution in [0.15, 0.2) is 71.8 Å². The number of anilines is 2. The minimum atomic E-state index is -0.377. The first-order valence-corrected chi connectivity index (χ1v) is 11.1. The number of fused-ring (bicyclic) bond motifs is 2. The van der Waals surface area contributed by atoms with Crippen LogP contribution in [0.3, 0.4) is 0 Å². The van der Waals surface area contributed by atoms with Crippen molar-refractivity contribution in [1.82, 2.24) is 14.6 Å². The number of nitrogens with two attached hydrogens (primary N) is 1. The molecule has 0 aliphatic heterocycles. The number of benzene rings is 3. The van der Waals surface area contributed by atoms with E-state index in [1.165, 1.54) is 4.68 Å². The Bertz CT molecular complexity index is 1600. The molecule has 0 radical (unpaired) electrons. The topological polar surface area (TPSA) is 107 Å². The Morgan fingerprint density at radius 3 is 2.43 bits per heavy atom. The molecule has 1 amide bonds. The van der Waals surface area contributed by atoms with Crippen molar-refractivity contribution in [2.24, 2.45) is 5.10 Å². The predicted octanol–water partition coefficient (Wildman–Crippen LogP) is 4.93. The Morgan fingerprint density at radius 2 is 1.71 bits per heavy atom. The van der Waals surface area contributed by atoms with Crippen LogP contribution in [0.2, 0.25) is 0 Å². The molecule has 0 aliphatic rings. The number of nitrogen functional groups attached to an aromatic ring is 1. The number of rotatable bonds is 5. The van der Waals surface area contributed by atoms with Crippen LogP contribution in [0.1, 0.15) is 27.0 Å². The average molecular weight is 465 g/mol. The zero-order chi connectivity index (χ0) is 24.5. The summed E-state index contributed by atoms with van der Waals surface area (Å²) in [7, 11) is 1.61. The molecule has 0 saturated carbocycles. The minimum Gasteiger partial charge on any atom is -0.497 e. The van der Waals surface area contributed by atoms with Crippen LogP contribution < -0.4 is 15.8 Å². The maximum absolute atomic E-state index is 13.4. The maximum Gasteiger partial charge on any atom is 0.261 e. The van der Waals surface area contributed by atoms with Gasteiger partial charge in [-0.15, -0.1) is 0 Å². The van der Waals surface area contributed by atoms with E-state index in [9.17, 15) is 4.79 Å². The number of ether oxygens (including phenoxy) is 1. The molecule has 0 aliphatic carbocycles. The fourth-order valence-electron chi connectivity index (χ4n) is 4.07. The van der Waals surface area contributed by atoms with E-state index in [4.69, 9.17) is 20.4 Å². The fraction of sp³-hybridized carbons (Fsp3) is 0.111. The van der Waals surface area contributed by atoms with Crippen molar-refractivity contribution in [3.05, 3.63) is 89.0 Å². The second-order valence-electron chi connectivity index (χ2n) is 8.31. The molecule has 5 rings (SSSR count). The van der Waals surface area contributed by atoms with Crippen molar-refractivity contribution < 1.29 is 9.53 Å². The average Bonchev–Trinajstić information content (AvgIpc) is 3.10. The van der Waals surface area contributed by atoms with Crippen LogP contribution in [-0.4, -0.2) is 33.9 Å². The van der Waals surface area contributed by atoms with Crippen molar-refractivity contribution in [3.63, 3.8) is 0 Å². The highest BCUT2D eigenvalue weighted by atomic mass is 16.5. The van der Waals surface area contributed by atoms with Crippen molar-refractivity contribution in [2.45, 2.75) is 13.8 Å². The SMILES string of the molecule is COc1cccc(C=Nn2c(N)c(C(=O)Nc3cc(C)cc(C)c3)c3nc4ccccc4nc32)c1. The van der Waals surface area contributed by atoms with Gasteiger partial charge in [-0.2, -0.15) is 9.78 Å². The lowest BCUT2D eigenvalue weighted by Gasteiger charge is -2.08. The minimum absolute atomic E-state index is 0.149. The number of amides is 1. The first kappa shape index (κ1) is 22.1. The number of nitrogens with one attached hydrogen (secondary N) is 1. The smallest absolute Gasteiger partial charge is 0.261 e. The molecule has 3 aromatic carbocycles. The predicted molar refractivity (Wildman–Crippen MR) is 139 cm³/mol. The second kappa shape index (κ2) is 8.90. The van der Waals surface area contributed by atoms with Crippen LogP contribution in [-0.2, 0) is 0 Å². The van der Waals surface area contributed by atoms with E-state index < -0.39 is 0 Å². The van der Waals surface area contributed by atoms with Gasteiger partial charge in [-0.05, 0) is 66.9 Å². The van der Waals surface area contributed by atoms with Gasteiger partial charge >= 0.3 is 0 Å². The van der Waals surface area contributed by atoms with Gasteiger partial charge in [0.25, 0.3) is 5.91 Å². The number of hydrogen-bond acceptors (Lipinski definition) is 6. The molecule has 2 aromatic heterocycles. The third-order valence-corrected chi connectivity index (χ3v) is 5.60. The van der Waals surface area contributed by atoms with E-state index in [0.717, 1.165) is 16.7 Å². The van der Waals surface area contributed by atoms with Crippen molar-refractivity contribution in [2.75, 3.05) is 18.2 Å². The van der Waals surface area contributed by atoms with Crippen LogP contribution >= 0.6 is 0 Å². The maximum atomic E-state index is 13.4. The summed E-state index contributed by atoms with van der Waals surface area (Å²) in [4.78, 5) is 22.9. The monoisotopic (exact) mass is 464 g/mol. The Morgan fingerprint density at radius 1 is 1.00 bits per heavy atom. The van der Waals surface area contributed by atoms with E-state index in [1.807, 2.05) is 80.6 Å². The summed E-state index contributed by atoms with van der Waals surface area (Å²) in [6.45, 7) is 3.96. The van der Waals surface area contributed by atoms with Gasteiger partial charge < -0.3 is 15.8 Å². The van der Waals surface area contributed by atoms with Gasteiger partial charge in [0.1, 0.15) is 22.6 Å². The first-order valence-electron chi connectivity index (χ1n) is 11.1. The van der Waals surface area contributed by atoms with E-state index in [1.54, 1.807) is 13.3 Å². The first-order chi connectivity index (χ1) is 16.9. The van der Waals surface area contributed by atoms with Gasteiger partial charge in [0.2, 0.25) is 0 Å². The summed E-state index contributed by atoms with van der Waals surface area (Å²) in [6, 6.07) is 20.8. The molecule has 35 heavy (non-hydrogen) atoms.